The van der Waals surface area contributed by atoms with Crippen LogP contribution in [0.2, 0.25) is 0 Å². The molecule has 3 N–H and O–H groups in total. The number of benzene rings is 2. The molecule has 28 heavy (non-hydrogen) atoms. The zero-order valence-corrected chi connectivity index (χ0v) is 16.4. The Bertz CT molecular complexity index is 923. The van der Waals surface area contributed by atoms with Gasteiger partial charge in [0.05, 0.1) is 5.69 Å². The second-order valence-electron chi connectivity index (χ2n) is 6.35. The molecule has 3 amide bonds. The van der Waals surface area contributed by atoms with Gasteiger partial charge in [-0.15, -0.1) is 11.3 Å². The zero-order chi connectivity index (χ0) is 19.8. The van der Waals surface area contributed by atoms with Gasteiger partial charge in [0.25, 0.3) is 0 Å². The van der Waals surface area contributed by atoms with Gasteiger partial charge in [-0.1, -0.05) is 48.0 Å². The number of anilines is 2. The highest BCUT2D eigenvalue weighted by atomic mass is 32.1. The Morgan fingerprint density at radius 3 is 2.50 bits per heavy atom. The van der Waals surface area contributed by atoms with Gasteiger partial charge >= 0.3 is 6.03 Å². The summed E-state index contributed by atoms with van der Waals surface area (Å²) in [5, 5.41) is 10.7. The third kappa shape index (κ3) is 6.21. The Hall–Kier alpha value is -3.19. The Kier molecular flexibility index (Phi) is 6.75. The van der Waals surface area contributed by atoms with Crippen molar-refractivity contribution in [3.05, 3.63) is 76.8 Å². The van der Waals surface area contributed by atoms with Crippen LogP contribution in [0, 0.1) is 6.92 Å². The molecule has 3 aromatic rings. The molecule has 0 unspecified atom stereocenters. The topological polar surface area (TPSA) is 83.1 Å². The van der Waals surface area contributed by atoms with Crippen LogP contribution in [0.1, 0.15) is 23.2 Å². The van der Waals surface area contributed by atoms with Crippen LogP contribution in [-0.2, 0) is 17.8 Å². The van der Waals surface area contributed by atoms with Crippen LogP contribution in [0.15, 0.2) is 60.0 Å². The van der Waals surface area contributed by atoms with Crippen molar-refractivity contribution in [1.29, 1.82) is 0 Å². The number of rotatable bonds is 7. The summed E-state index contributed by atoms with van der Waals surface area (Å²) in [6, 6.07) is 16.9. The largest absolute Gasteiger partial charge is 0.352 e. The number of aromatic nitrogens is 1. The molecule has 0 bridgehead atoms. The number of carbonyl (C=O) groups is 2. The number of amides is 3. The molecule has 144 valence electrons. The molecule has 0 radical (unpaired) electrons. The van der Waals surface area contributed by atoms with Gasteiger partial charge in [-0.2, -0.15) is 0 Å². The van der Waals surface area contributed by atoms with Crippen molar-refractivity contribution >= 4 is 34.1 Å². The van der Waals surface area contributed by atoms with E-state index >= 15 is 0 Å². The average Bonchev–Trinajstić information content (AvgIpc) is 3.14. The van der Waals surface area contributed by atoms with E-state index < -0.39 is 0 Å². The van der Waals surface area contributed by atoms with Gasteiger partial charge in [0, 0.05) is 24.0 Å². The van der Waals surface area contributed by atoms with E-state index in [1.54, 1.807) is 0 Å². The van der Waals surface area contributed by atoms with Gasteiger partial charge in [-0.05, 0) is 31.0 Å². The average molecular weight is 395 g/mol. The second kappa shape index (κ2) is 9.66. The van der Waals surface area contributed by atoms with Crippen molar-refractivity contribution < 1.29 is 9.59 Å². The first-order valence-corrected chi connectivity index (χ1v) is 9.86. The molecule has 2 aromatic carbocycles. The normalized spacial score (nSPS) is 10.3. The number of urea groups is 1. The molecule has 7 heteroatoms. The maximum atomic E-state index is 12.0. The summed E-state index contributed by atoms with van der Waals surface area (Å²) < 4.78 is 0. The van der Waals surface area contributed by atoms with Crippen LogP contribution in [0.3, 0.4) is 0 Å². The minimum Gasteiger partial charge on any atom is -0.352 e. The summed E-state index contributed by atoms with van der Waals surface area (Å²) in [7, 11) is 0. The molecule has 1 aromatic heterocycles. The van der Waals surface area contributed by atoms with Crippen molar-refractivity contribution in [2.24, 2.45) is 0 Å². The Morgan fingerprint density at radius 2 is 1.75 bits per heavy atom. The van der Waals surface area contributed by atoms with Crippen molar-refractivity contribution in [2.45, 2.75) is 26.3 Å². The molecule has 0 atom stereocenters. The molecule has 0 aliphatic rings. The van der Waals surface area contributed by atoms with Gasteiger partial charge in [0.1, 0.15) is 0 Å². The van der Waals surface area contributed by atoms with Crippen LogP contribution in [-0.4, -0.2) is 16.9 Å². The number of nitrogens with one attached hydrogen (secondary N) is 3. The summed E-state index contributed by atoms with van der Waals surface area (Å²) in [6.07, 6.45) is 0.878. The number of thiazole rings is 1. The number of nitrogens with zero attached hydrogens (tertiary/aromatic N) is 1. The summed E-state index contributed by atoms with van der Waals surface area (Å²) in [5.74, 6) is -0.0232. The SMILES string of the molecule is Cc1ccc(CNC(=O)CCc2csc(NC(=O)Nc3ccccc3)n2)cc1. The predicted octanol–water partition coefficient (Wildman–Crippen LogP) is 4.34. The second-order valence-corrected chi connectivity index (χ2v) is 7.21. The van der Waals surface area contributed by atoms with E-state index in [1.807, 2.05) is 66.9 Å². The van der Waals surface area contributed by atoms with E-state index in [0.717, 1.165) is 11.3 Å². The van der Waals surface area contributed by atoms with E-state index in [0.29, 0.717) is 30.2 Å². The zero-order valence-electron chi connectivity index (χ0n) is 15.6. The summed E-state index contributed by atoms with van der Waals surface area (Å²) in [6.45, 7) is 2.55. The van der Waals surface area contributed by atoms with Crippen LogP contribution in [0.5, 0.6) is 0 Å². The number of hydrogen-bond donors (Lipinski definition) is 3. The monoisotopic (exact) mass is 394 g/mol. The number of hydrogen-bond acceptors (Lipinski definition) is 4. The van der Waals surface area contributed by atoms with Crippen LogP contribution in [0.25, 0.3) is 0 Å². The Morgan fingerprint density at radius 1 is 1.00 bits per heavy atom. The maximum Gasteiger partial charge on any atom is 0.325 e. The first-order valence-electron chi connectivity index (χ1n) is 8.98. The van der Waals surface area contributed by atoms with Gasteiger partial charge in [-0.3, -0.25) is 10.1 Å². The maximum absolute atomic E-state index is 12.0. The molecule has 0 spiro atoms. The molecular formula is C21H22N4O2S. The highest BCUT2D eigenvalue weighted by molar-refractivity contribution is 7.13. The summed E-state index contributed by atoms with van der Waals surface area (Å²) in [5.41, 5.74) is 3.76. The van der Waals surface area contributed by atoms with Gasteiger partial charge in [0.15, 0.2) is 5.13 Å². The first-order chi connectivity index (χ1) is 13.6. The van der Waals surface area contributed by atoms with Crippen molar-refractivity contribution in [1.82, 2.24) is 10.3 Å². The standard InChI is InChI=1S/C21H22N4O2S/c1-15-7-9-16(10-8-15)13-22-19(26)12-11-18-14-28-21(24-18)25-20(27)23-17-5-3-2-4-6-17/h2-10,14H,11-13H2,1H3,(H,22,26)(H2,23,24,25,27). The van der Waals surface area contributed by atoms with E-state index in [9.17, 15) is 9.59 Å². The molecule has 0 saturated heterocycles. The van der Waals surface area contributed by atoms with E-state index in [4.69, 9.17) is 0 Å². The van der Waals surface area contributed by atoms with Crippen molar-refractivity contribution in [3.63, 3.8) is 0 Å². The summed E-state index contributed by atoms with van der Waals surface area (Å²) in [4.78, 5) is 28.4. The number of aryl methyl sites for hydroxylation is 2. The molecule has 0 saturated carbocycles. The lowest BCUT2D eigenvalue weighted by Crippen LogP contribution is -2.23. The molecule has 3 rings (SSSR count). The number of para-hydroxylation sites is 1. The number of carbonyl (C=O) groups excluding carboxylic acids is 2. The molecule has 1 heterocycles. The fraction of sp³-hybridized carbons (Fsp3) is 0.190. The smallest absolute Gasteiger partial charge is 0.325 e. The van der Waals surface area contributed by atoms with Crippen molar-refractivity contribution in [3.8, 4) is 0 Å². The van der Waals surface area contributed by atoms with Crippen LogP contribution >= 0.6 is 11.3 Å². The minimum atomic E-state index is -0.344. The van der Waals surface area contributed by atoms with Gasteiger partial charge in [0.2, 0.25) is 5.91 Å². The van der Waals surface area contributed by atoms with Gasteiger partial charge in [-0.25, -0.2) is 9.78 Å². The third-order valence-electron chi connectivity index (χ3n) is 4.02. The Balaban J connectivity index is 1.40. The first kappa shape index (κ1) is 19.6. The quantitative estimate of drug-likeness (QED) is 0.557. The van der Waals surface area contributed by atoms with Crippen molar-refractivity contribution in [2.75, 3.05) is 10.6 Å². The molecule has 0 aliphatic heterocycles. The fourth-order valence-corrected chi connectivity index (χ4v) is 3.24. The lowest BCUT2D eigenvalue weighted by Gasteiger charge is -2.05. The predicted molar refractivity (Wildman–Crippen MR) is 113 cm³/mol. The molecule has 6 nitrogen and oxygen atoms in total. The van der Waals surface area contributed by atoms with E-state index in [1.165, 1.54) is 16.9 Å². The fourth-order valence-electron chi connectivity index (χ4n) is 2.50. The highest BCUT2D eigenvalue weighted by Crippen LogP contribution is 2.17. The minimum absolute atomic E-state index is 0.0232. The highest BCUT2D eigenvalue weighted by Gasteiger charge is 2.09. The van der Waals surface area contributed by atoms with Crippen LogP contribution < -0.4 is 16.0 Å². The lowest BCUT2D eigenvalue weighted by atomic mass is 10.1. The third-order valence-corrected chi connectivity index (χ3v) is 4.83. The Labute approximate surface area is 168 Å². The lowest BCUT2D eigenvalue weighted by molar-refractivity contribution is -0.121. The van der Waals surface area contributed by atoms with E-state index in [2.05, 4.69) is 20.9 Å². The van der Waals surface area contributed by atoms with Gasteiger partial charge < -0.3 is 10.6 Å². The molecule has 0 aliphatic carbocycles. The van der Waals surface area contributed by atoms with Crippen LogP contribution in [0.4, 0.5) is 15.6 Å². The molecule has 0 fully saturated rings. The summed E-state index contributed by atoms with van der Waals surface area (Å²) >= 11 is 1.34. The molecular weight excluding hydrogens is 372 g/mol. The van der Waals surface area contributed by atoms with E-state index in [-0.39, 0.29) is 11.9 Å².